The van der Waals surface area contributed by atoms with Gasteiger partial charge >= 0.3 is 0 Å². The number of benzene rings is 1. The molecular formula is C15H23NO2. The van der Waals surface area contributed by atoms with Gasteiger partial charge in [-0.05, 0) is 24.1 Å². The molecule has 1 N–H and O–H groups in total. The fourth-order valence-electron chi connectivity index (χ4n) is 2.50. The minimum absolute atomic E-state index is 0.205. The van der Waals surface area contributed by atoms with E-state index < -0.39 is 0 Å². The molecule has 1 aromatic carbocycles. The smallest absolute Gasteiger partial charge is 0.0542 e. The highest BCUT2D eigenvalue weighted by atomic mass is 16.5. The fourth-order valence-corrected chi connectivity index (χ4v) is 2.50. The number of hydrogen-bond acceptors (Lipinski definition) is 3. The highest BCUT2D eigenvalue weighted by molar-refractivity contribution is 5.46. The van der Waals surface area contributed by atoms with Crippen molar-refractivity contribution in [3.05, 3.63) is 29.8 Å². The summed E-state index contributed by atoms with van der Waals surface area (Å²) in [5.41, 5.74) is 2.65. The second-order valence-electron chi connectivity index (χ2n) is 5.87. The average molecular weight is 249 g/mol. The Morgan fingerprint density at radius 3 is 2.28 bits per heavy atom. The summed E-state index contributed by atoms with van der Waals surface area (Å²) < 4.78 is 5.28. The van der Waals surface area contributed by atoms with Crippen molar-refractivity contribution < 1.29 is 9.84 Å². The summed E-state index contributed by atoms with van der Waals surface area (Å²) in [4.78, 5) is 2.08. The molecule has 1 aliphatic heterocycles. The van der Waals surface area contributed by atoms with E-state index in [1.54, 1.807) is 0 Å². The lowest BCUT2D eigenvalue weighted by Crippen LogP contribution is -2.41. The molecule has 1 saturated heterocycles. The first-order valence-corrected chi connectivity index (χ1v) is 6.50. The SMILES string of the molecule is CN(C)c1ccc(C(CO)CC2(C)COC2)cc1. The molecule has 3 nitrogen and oxygen atoms in total. The average Bonchev–Trinajstić information content (AvgIpc) is 2.34. The second kappa shape index (κ2) is 5.29. The molecule has 1 atom stereocenters. The number of rotatable bonds is 5. The number of aliphatic hydroxyl groups excluding tert-OH is 1. The topological polar surface area (TPSA) is 32.7 Å². The van der Waals surface area contributed by atoms with E-state index in [0.717, 1.165) is 19.6 Å². The second-order valence-corrected chi connectivity index (χ2v) is 5.87. The predicted octanol–water partition coefficient (Wildman–Crippen LogP) is 2.26. The zero-order valence-electron chi connectivity index (χ0n) is 11.5. The zero-order chi connectivity index (χ0) is 13.2. The standard InChI is InChI=1S/C15H23NO2/c1-15(10-18-11-15)8-13(9-17)12-4-6-14(7-5-12)16(2)3/h4-7,13,17H,8-11H2,1-3H3. The Morgan fingerprint density at radius 2 is 1.89 bits per heavy atom. The van der Waals surface area contributed by atoms with Crippen molar-refractivity contribution in [2.24, 2.45) is 5.41 Å². The van der Waals surface area contributed by atoms with Crippen LogP contribution in [0.15, 0.2) is 24.3 Å². The van der Waals surface area contributed by atoms with Gasteiger partial charge in [0.2, 0.25) is 0 Å². The third-order valence-corrected chi connectivity index (χ3v) is 3.74. The monoisotopic (exact) mass is 249 g/mol. The highest BCUT2D eigenvalue weighted by Gasteiger charge is 2.35. The maximum atomic E-state index is 9.59. The van der Waals surface area contributed by atoms with Gasteiger partial charge < -0.3 is 14.7 Å². The Hall–Kier alpha value is -1.06. The Labute approximate surface area is 109 Å². The first-order chi connectivity index (χ1) is 8.54. The lowest BCUT2D eigenvalue weighted by molar-refractivity contribution is -0.110. The number of anilines is 1. The molecule has 0 bridgehead atoms. The molecule has 0 radical (unpaired) electrons. The van der Waals surface area contributed by atoms with E-state index in [2.05, 4.69) is 36.1 Å². The molecular weight excluding hydrogens is 226 g/mol. The number of aliphatic hydroxyl groups is 1. The van der Waals surface area contributed by atoms with Gasteiger partial charge in [-0.15, -0.1) is 0 Å². The zero-order valence-corrected chi connectivity index (χ0v) is 11.5. The van der Waals surface area contributed by atoms with Crippen LogP contribution in [0.3, 0.4) is 0 Å². The van der Waals surface area contributed by atoms with E-state index in [-0.39, 0.29) is 17.9 Å². The summed E-state index contributed by atoms with van der Waals surface area (Å²) in [6.07, 6.45) is 0.991. The Morgan fingerprint density at radius 1 is 1.28 bits per heavy atom. The molecule has 100 valence electrons. The van der Waals surface area contributed by atoms with Gasteiger partial charge in [0.05, 0.1) is 13.2 Å². The van der Waals surface area contributed by atoms with E-state index in [4.69, 9.17) is 4.74 Å². The van der Waals surface area contributed by atoms with Crippen LogP contribution in [0.1, 0.15) is 24.8 Å². The molecule has 3 heteroatoms. The number of nitrogens with zero attached hydrogens (tertiary/aromatic N) is 1. The Balaban J connectivity index is 2.07. The highest BCUT2D eigenvalue weighted by Crippen LogP contribution is 2.37. The van der Waals surface area contributed by atoms with Gasteiger partial charge in [0, 0.05) is 37.7 Å². The first kappa shape index (κ1) is 13.4. The maximum Gasteiger partial charge on any atom is 0.0542 e. The summed E-state index contributed by atoms with van der Waals surface area (Å²) in [7, 11) is 4.07. The normalized spacial score (nSPS) is 19.1. The van der Waals surface area contributed by atoms with Crippen molar-refractivity contribution in [2.45, 2.75) is 19.3 Å². The Kier molecular flexibility index (Phi) is 3.93. The van der Waals surface area contributed by atoms with Crippen LogP contribution in [0.5, 0.6) is 0 Å². The van der Waals surface area contributed by atoms with Crippen molar-refractivity contribution in [3.8, 4) is 0 Å². The summed E-state index contributed by atoms with van der Waals surface area (Å²) in [5.74, 6) is 0.218. The van der Waals surface area contributed by atoms with Crippen LogP contribution in [-0.4, -0.2) is 39.0 Å². The molecule has 1 aromatic rings. The quantitative estimate of drug-likeness (QED) is 0.869. The van der Waals surface area contributed by atoms with E-state index in [9.17, 15) is 5.11 Å². The lowest BCUT2D eigenvalue weighted by Gasteiger charge is -2.40. The van der Waals surface area contributed by atoms with Gasteiger partial charge in [0.25, 0.3) is 0 Å². The van der Waals surface area contributed by atoms with Gasteiger partial charge in [-0.2, -0.15) is 0 Å². The van der Waals surface area contributed by atoms with Crippen LogP contribution in [0.4, 0.5) is 5.69 Å². The van der Waals surface area contributed by atoms with Crippen LogP contribution in [-0.2, 0) is 4.74 Å². The summed E-state index contributed by atoms with van der Waals surface area (Å²) in [5, 5.41) is 9.59. The molecule has 18 heavy (non-hydrogen) atoms. The van der Waals surface area contributed by atoms with Crippen LogP contribution >= 0.6 is 0 Å². The molecule has 0 aromatic heterocycles. The van der Waals surface area contributed by atoms with Crippen LogP contribution in [0, 0.1) is 5.41 Å². The largest absolute Gasteiger partial charge is 0.396 e. The van der Waals surface area contributed by atoms with E-state index in [0.29, 0.717) is 0 Å². The molecule has 1 fully saturated rings. The third-order valence-electron chi connectivity index (χ3n) is 3.74. The molecule has 0 amide bonds. The minimum Gasteiger partial charge on any atom is -0.396 e. The Bertz CT molecular complexity index is 382. The van der Waals surface area contributed by atoms with Crippen LogP contribution in [0.25, 0.3) is 0 Å². The van der Waals surface area contributed by atoms with Crippen molar-refractivity contribution >= 4 is 5.69 Å². The van der Waals surface area contributed by atoms with E-state index in [1.807, 2.05) is 14.1 Å². The van der Waals surface area contributed by atoms with Gasteiger partial charge in [-0.1, -0.05) is 19.1 Å². The van der Waals surface area contributed by atoms with Crippen molar-refractivity contribution in [2.75, 3.05) is 38.8 Å². The number of hydrogen-bond donors (Lipinski definition) is 1. The third kappa shape index (κ3) is 2.85. The lowest BCUT2D eigenvalue weighted by atomic mass is 9.77. The summed E-state index contributed by atoms with van der Waals surface area (Å²) in [6, 6.07) is 8.47. The first-order valence-electron chi connectivity index (χ1n) is 6.50. The molecule has 2 rings (SSSR count). The van der Waals surface area contributed by atoms with Crippen molar-refractivity contribution in [1.82, 2.24) is 0 Å². The van der Waals surface area contributed by atoms with E-state index in [1.165, 1.54) is 11.3 Å². The predicted molar refractivity (Wildman–Crippen MR) is 74.1 cm³/mol. The van der Waals surface area contributed by atoms with E-state index >= 15 is 0 Å². The summed E-state index contributed by atoms with van der Waals surface area (Å²) in [6.45, 7) is 4.07. The van der Waals surface area contributed by atoms with Crippen LogP contribution in [0.2, 0.25) is 0 Å². The van der Waals surface area contributed by atoms with Gasteiger partial charge in [0.15, 0.2) is 0 Å². The van der Waals surface area contributed by atoms with Crippen LogP contribution < -0.4 is 4.90 Å². The van der Waals surface area contributed by atoms with Crippen molar-refractivity contribution in [3.63, 3.8) is 0 Å². The summed E-state index contributed by atoms with van der Waals surface area (Å²) >= 11 is 0. The molecule has 0 saturated carbocycles. The molecule has 0 aliphatic carbocycles. The van der Waals surface area contributed by atoms with Gasteiger partial charge in [0.1, 0.15) is 0 Å². The fraction of sp³-hybridized carbons (Fsp3) is 0.600. The molecule has 1 aliphatic rings. The minimum atomic E-state index is 0.205. The molecule has 0 spiro atoms. The molecule has 1 heterocycles. The van der Waals surface area contributed by atoms with Gasteiger partial charge in [-0.3, -0.25) is 0 Å². The number of ether oxygens (including phenoxy) is 1. The maximum absolute atomic E-state index is 9.59. The van der Waals surface area contributed by atoms with Gasteiger partial charge in [-0.25, -0.2) is 0 Å². The molecule has 1 unspecified atom stereocenters. The van der Waals surface area contributed by atoms with Crippen molar-refractivity contribution in [1.29, 1.82) is 0 Å².